The Morgan fingerprint density at radius 1 is 1.31 bits per heavy atom. The highest BCUT2D eigenvalue weighted by Gasteiger charge is 2.05. The molecule has 0 bridgehead atoms. The average molecular weight is 200 g/mol. The Hall–Kier alpha value is -0.920. The van der Waals surface area contributed by atoms with Gasteiger partial charge in [0.25, 0.3) is 0 Å². The van der Waals surface area contributed by atoms with Crippen molar-refractivity contribution in [1.82, 2.24) is 0 Å². The van der Waals surface area contributed by atoms with Gasteiger partial charge in [-0.2, -0.15) is 14.8 Å². The van der Waals surface area contributed by atoms with E-state index in [1.807, 2.05) is 6.07 Å². The van der Waals surface area contributed by atoms with Crippen LogP contribution in [-0.2, 0) is 9.78 Å². The van der Waals surface area contributed by atoms with Crippen LogP contribution in [0.4, 0.5) is 0 Å². The minimum absolute atomic E-state index is 0. The Bertz CT molecular complexity index is 248. The number of hydrogen-bond acceptors (Lipinski definition) is 3. The minimum atomic E-state index is -0.461. The van der Waals surface area contributed by atoms with Crippen molar-refractivity contribution in [3.63, 3.8) is 0 Å². The minimum Gasteiger partial charge on any atom is -0.293 e. The highest BCUT2D eigenvalue weighted by molar-refractivity contribution is 6.92. The van der Waals surface area contributed by atoms with Crippen molar-refractivity contribution in [2.24, 2.45) is 0 Å². The van der Waals surface area contributed by atoms with Crippen LogP contribution in [0, 0.1) is 0 Å². The van der Waals surface area contributed by atoms with Gasteiger partial charge in [0.05, 0.1) is 12.2 Å². The monoisotopic (exact) mass is 200 g/mol. The van der Waals surface area contributed by atoms with Gasteiger partial charge in [0.2, 0.25) is 0 Å². The lowest BCUT2D eigenvalue weighted by molar-refractivity contribution is -0.236. The summed E-state index contributed by atoms with van der Waals surface area (Å²) in [6.45, 7) is 2.11. The van der Waals surface area contributed by atoms with Crippen LogP contribution in [0.5, 0.6) is 0 Å². The van der Waals surface area contributed by atoms with Crippen LogP contribution >= 0.6 is 9.90 Å². The smallest absolute Gasteiger partial charge is 0.293 e. The predicted octanol–water partition coefficient (Wildman–Crippen LogP) is 1.85. The van der Waals surface area contributed by atoms with Gasteiger partial charge in [-0.1, -0.05) is 18.2 Å². The molecule has 1 atom stereocenters. The van der Waals surface area contributed by atoms with Crippen LogP contribution in [0.3, 0.4) is 0 Å². The van der Waals surface area contributed by atoms with Gasteiger partial charge in [0.15, 0.2) is 0 Å². The van der Waals surface area contributed by atoms with E-state index in [-0.39, 0.29) is 9.90 Å². The summed E-state index contributed by atoms with van der Waals surface area (Å²) in [5, 5.41) is 0. The molecule has 3 nitrogen and oxygen atoms in total. The van der Waals surface area contributed by atoms with Crippen molar-refractivity contribution in [3.8, 4) is 0 Å². The van der Waals surface area contributed by atoms with Crippen molar-refractivity contribution in [2.75, 3.05) is 6.61 Å². The standard InChI is InChI=1S/C9H10O3.H3P/c1-2-11-12-9(10)8-6-4-3-5-7-8;/h3-7H,2H2,1H3;1H3. The van der Waals surface area contributed by atoms with Crippen molar-refractivity contribution in [1.29, 1.82) is 0 Å². The lowest BCUT2D eigenvalue weighted by Gasteiger charge is -1.99. The zero-order valence-electron chi connectivity index (χ0n) is 7.53. The molecule has 4 heteroatoms. The highest BCUT2D eigenvalue weighted by Crippen LogP contribution is 2.00. The number of carbonyl (C=O) groups excluding carboxylic acids is 1. The maximum Gasteiger partial charge on any atom is 0.373 e. The molecule has 1 unspecified atom stereocenters. The van der Waals surface area contributed by atoms with Crippen molar-refractivity contribution >= 4 is 15.9 Å². The Kier molecular flexibility index (Phi) is 6.11. The van der Waals surface area contributed by atoms with E-state index in [0.29, 0.717) is 12.2 Å². The van der Waals surface area contributed by atoms with Crippen LogP contribution in [0.25, 0.3) is 0 Å². The third-order valence-corrected chi connectivity index (χ3v) is 1.26. The molecule has 0 aliphatic heterocycles. The topological polar surface area (TPSA) is 35.5 Å². The summed E-state index contributed by atoms with van der Waals surface area (Å²) in [7, 11) is 0. The van der Waals surface area contributed by atoms with Crippen LogP contribution in [0.2, 0.25) is 0 Å². The fourth-order valence-corrected chi connectivity index (χ4v) is 0.735. The van der Waals surface area contributed by atoms with Gasteiger partial charge in [-0.25, -0.2) is 4.79 Å². The molecule has 72 valence electrons. The fourth-order valence-electron chi connectivity index (χ4n) is 0.735. The van der Waals surface area contributed by atoms with Gasteiger partial charge >= 0.3 is 5.97 Å². The molecule has 0 radical (unpaired) electrons. The number of carbonyl (C=O) groups is 1. The normalized spacial score (nSPS) is 8.69. The first-order valence-electron chi connectivity index (χ1n) is 3.73. The molecule has 0 spiro atoms. The molecule has 0 heterocycles. The average Bonchev–Trinajstić information content (AvgIpc) is 2.15. The molecule has 13 heavy (non-hydrogen) atoms. The molecular weight excluding hydrogens is 187 g/mol. The van der Waals surface area contributed by atoms with Gasteiger partial charge in [-0.3, -0.25) is 4.89 Å². The quantitative estimate of drug-likeness (QED) is 0.424. The third-order valence-electron chi connectivity index (χ3n) is 1.26. The molecule has 0 aliphatic rings. The molecule has 0 aromatic heterocycles. The number of rotatable bonds is 3. The Balaban J connectivity index is 0.00000144. The Labute approximate surface area is 80.6 Å². The lowest BCUT2D eigenvalue weighted by Crippen LogP contribution is -2.05. The first-order chi connectivity index (χ1) is 5.84. The van der Waals surface area contributed by atoms with Crippen molar-refractivity contribution in [3.05, 3.63) is 35.9 Å². The first kappa shape index (κ1) is 12.1. The summed E-state index contributed by atoms with van der Waals surface area (Å²) in [4.78, 5) is 20.0. The van der Waals surface area contributed by atoms with Gasteiger partial charge in [0.1, 0.15) is 0 Å². The maximum atomic E-state index is 11.1. The molecule has 1 rings (SSSR count). The van der Waals surface area contributed by atoms with Crippen LogP contribution in [0.1, 0.15) is 17.3 Å². The summed E-state index contributed by atoms with van der Waals surface area (Å²) < 4.78 is 0. The second-order valence-electron chi connectivity index (χ2n) is 2.14. The van der Waals surface area contributed by atoms with E-state index in [9.17, 15) is 4.79 Å². The van der Waals surface area contributed by atoms with Crippen molar-refractivity contribution < 1.29 is 14.6 Å². The van der Waals surface area contributed by atoms with E-state index in [0.717, 1.165) is 0 Å². The number of benzene rings is 1. The second kappa shape index (κ2) is 6.58. The Morgan fingerprint density at radius 3 is 2.46 bits per heavy atom. The summed E-state index contributed by atoms with van der Waals surface area (Å²) in [5.41, 5.74) is 0.492. The largest absolute Gasteiger partial charge is 0.373 e. The SMILES string of the molecule is CCOOC(=O)c1ccccc1.P. The van der Waals surface area contributed by atoms with Crippen molar-refractivity contribution in [2.45, 2.75) is 6.92 Å². The van der Waals surface area contributed by atoms with Crippen LogP contribution in [-0.4, -0.2) is 12.6 Å². The first-order valence-corrected chi connectivity index (χ1v) is 3.73. The molecule has 0 N–H and O–H groups in total. The molecule has 0 saturated heterocycles. The Morgan fingerprint density at radius 2 is 1.92 bits per heavy atom. The fraction of sp³-hybridized carbons (Fsp3) is 0.222. The van der Waals surface area contributed by atoms with Crippen LogP contribution < -0.4 is 0 Å². The molecule has 1 aromatic rings. The molecule has 0 fully saturated rings. The maximum absolute atomic E-state index is 11.1. The van der Waals surface area contributed by atoms with Crippen LogP contribution in [0.15, 0.2) is 30.3 Å². The van der Waals surface area contributed by atoms with E-state index in [4.69, 9.17) is 0 Å². The molecule has 0 saturated carbocycles. The second-order valence-corrected chi connectivity index (χ2v) is 2.14. The van der Waals surface area contributed by atoms with Gasteiger partial charge in [-0.15, -0.1) is 0 Å². The van der Waals surface area contributed by atoms with Gasteiger partial charge in [-0.05, 0) is 19.1 Å². The van der Waals surface area contributed by atoms with E-state index < -0.39 is 5.97 Å². The molecule has 1 aromatic carbocycles. The van der Waals surface area contributed by atoms with E-state index in [1.165, 1.54) is 0 Å². The predicted molar refractivity (Wildman–Crippen MR) is 54.6 cm³/mol. The van der Waals surface area contributed by atoms with E-state index in [2.05, 4.69) is 9.78 Å². The zero-order chi connectivity index (χ0) is 8.81. The summed E-state index contributed by atoms with van der Waals surface area (Å²) in [6, 6.07) is 8.70. The van der Waals surface area contributed by atoms with E-state index >= 15 is 0 Å². The highest BCUT2D eigenvalue weighted by atomic mass is 31.0. The van der Waals surface area contributed by atoms with E-state index in [1.54, 1.807) is 31.2 Å². The van der Waals surface area contributed by atoms with Gasteiger partial charge < -0.3 is 0 Å². The molecular formula is C9H13O3P. The summed E-state index contributed by atoms with van der Waals surface area (Å²) >= 11 is 0. The van der Waals surface area contributed by atoms with Gasteiger partial charge in [0, 0.05) is 0 Å². The summed E-state index contributed by atoms with van der Waals surface area (Å²) in [6.07, 6.45) is 0. The molecule has 0 aliphatic carbocycles. The third kappa shape index (κ3) is 4.02. The number of hydrogen-bond donors (Lipinski definition) is 0. The molecule has 0 amide bonds. The lowest BCUT2D eigenvalue weighted by atomic mass is 10.2. The zero-order valence-corrected chi connectivity index (χ0v) is 8.94. The summed E-state index contributed by atoms with van der Waals surface area (Å²) in [5.74, 6) is -0.461.